The van der Waals surface area contributed by atoms with Crippen LogP contribution in [0.2, 0.25) is 0 Å². The van der Waals surface area contributed by atoms with Gasteiger partial charge < -0.3 is 10.6 Å². The lowest BCUT2D eigenvalue weighted by Gasteiger charge is -2.28. The molecule has 1 fully saturated rings. The predicted molar refractivity (Wildman–Crippen MR) is 120 cm³/mol. The molecule has 1 unspecified atom stereocenters. The van der Waals surface area contributed by atoms with Gasteiger partial charge in [-0.25, -0.2) is 14.4 Å². The highest BCUT2D eigenvalue weighted by molar-refractivity contribution is 7.94. The van der Waals surface area contributed by atoms with E-state index in [9.17, 15) is 22.4 Å². The number of nitrogens with zero attached hydrogens (tertiary/aromatic N) is 3. The maximum atomic E-state index is 13.9. The first-order valence-corrected chi connectivity index (χ1v) is 11.0. The van der Waals surface area contributed by atoms with Crippen LogP contribution in [0, 0.1) is 5.82 Å². The Labute approximate surface area is 201 Å². The number of alkyl halides is 3. The quantitative estimate of drug-likeness (QED) is 0.210. The van der Waals surface area contributed by atoms with Crippen LogP contribution in [0.1, 0.15) is 18.7 Å². The molecule has 35 heavy (non-hydrogen) atoms. The molecule has 4 N–H and O–H groups in total. The van der Waals surface area contributed by atoms with Crippen molar-refractivity contribution in [2.24, 2.45) is 11.6 Å². The molecule has 1 amide bonds. The van der Waals surface area contributed by atoms with Gasteiger partial charge in [-0.3, -0.25) is 4.79 Å². The van der Waals surface area contributed by atoms with E-state index in [-0.39, 0.29) is 29.2 Å². The number of nitrogens with two attached hydrogens (primary N) is 2. The van der Waals surface area contributed by atoms with E-state index >= 15 is 0 Å². The molecule has 1 saturated heterocycles. The first-order valence-electron chi connectivity index (χ1n) is 10.3. The second-order valence-electron chi connectivity index (χ2n) is 7.63. The molecule has 0 aliphatic carbocycles. The van der Waals surface area contributed by atoms with Crippen molar-refractivity contribution < 1.29 is 31.7 Å². The Morgan fingerprint density at radius 3 is 2.51 bits per heavy atom. The molecule has 184 valence electrons. The van der Waals surface area contributed by atoms with Crippen LogP contribution in [0.3, 0.4) is 0 Å². The number of anilines is 1. The average Bonchev–Trinajstić information content (AvgIpc) is 3.32. The summed E-state index contributed by atoms with van der Waals surface area (Å²) >= 11 is 0.778. The van der Waals surface area contributed by atoms with E-state index in [0.29, 0.717) is 23.3 Å². The Kier molecular flexibility index (Phi) is 7.21. The van der Waals surface area contributed by atoms with Crippen molar-refractivity contribution in [3.8, 4) is 22.4 Å². The summed E-state index contributed by atoms with van der Waals surface area (Å²) in [5.41, 5.74) is 6.33. The second kappa shape index (κ2) is 10.2. The number of carbonyl (C=O) groups is 1. The van der Waals surface area contributed by atoms with Crippen molar-refractivity contribution in [2.75, 3.05) is 11.4 Å². The number of hydrogen-bond acceptors (Lipinski definition) is 8. The molecule has 1 aliphatic rings. The molecular formula is C22H19F4N5O3S. The van der Waals surface area contributed by atoms with Crippen molar-refractivity contribution in [1.82, 2.24) is 9.97 Å². The fourth-order valence-corrected chi connectivity index (χ4v) is 4.37. The number of halogens is 4. The highest BCUT2D eigenvalue weighted by Gasteiger charge is 2.39. The van der Waals surface area contributed by atoms with E-state index < -0.39 is 29.8 Å². The third-order valence-corrected chi connectivity index (χ3v) is 6.00. The Morgan fingerprint density at radius 2 is 1.86 bits per heavy atom. The van der Waals surface area contributed by atoms with Crippen LogP contribution in [0.25, 0.3) is 22.4 Å². The minimum atomic E-state index is -4.88. The van der Waals surface area contributed by atoms with Gasteiger partial charge in [0.1, 0.15) is 17.7 Å². The van der Waals surface area contributed by atoms with Gasteiger partial charge in [0.15, 0.2) is 0 Å². The molecule has 8 nitrogen and oxygen atoms in total. The van der Waals surface area contributed by atoms with Gasteiger partial charge in [-0.2, -0.15) is 19.1 Å². The topological polar surface area (TPSA) is 117 Å². The largest absolute Gasteiger partial charge is 0.451 e. The fourth-order valence-electron chi connectivity index (χ4n) is 3.94. The smallest absolute Gasteiger partial charge is 0.368 e. The lowest BCUT2D eigenvalue weighted by molar-refractivity contribution is -0.195. The van der Waals surface area contributed by atoms with Crippen LogP contribution >= 0.6 is 12.0 Å². The molecule has 13 heteroatoms. The predicted octanol–water partition coefficient (Wildman–Crippen LogP) is 4.25. The molecular weight excluding hydrogens is 490 g/mol. The van der Waals surface area contributed by atoms with Gasteiger partial charge in [-0.15, -0.1) is 9.32 Å². The fraction of sp³-hybridized carbons (Fsp3) is 0.227. The number of hydrogen-bond donors (Lipinski definition) is 2. The van der Waals surface area contributed by atoms with Crippen LogP contribution in [-0.2, 0) is 20.3 Å². The first-order chi connectivity index (χ1) is 16.7. The third-order valence-electron chi connectivity index (χ3n) is 5.41. The molecule has 2 heterocycles. The minimum Gasteiger partial charge on any atom is -0.368 e. The number of primary amides is 1. The Bertz CT molecular complexity index is 1230. The van der Waals surface area contributed by atoms with E-state index in [2.05, 4.69) is 19.3 Å². The summed E-state index contributed by atoms with van der Waals surface area (Å²) in [6.07, 6.45) is -3.99. The maximum Gasteiger partial charge on any atom is 0.451 e. The molecule has 4 rings (SSSR count). The minimum absolute atomic E-state index is 0.0874. The SMILES string of the molecule is NOOSc1cccc(-c2c(-c3ccc(F)cc3)nc(C(F)(F)F)nc2N2CCCC2C(N)=O)c1. The van der Waals surface area contributed by atoms with Crippen molar-refractivity contribution >= 4 is 23.8 Å². The average molecular weight is 509 g/mol. The highest BCUT2D eigenvalue weighted by Crippen LogP contribution is 2.43. The van der Waals surface area contributed by atoms with Gasteiger partial charge in [-0.05, 0) is 54.8 Å². The number of benzene rings is 2. The van der Waals surface area contributed by atoms with Gasteiger partial charge in [-0.1, -0.05) is 12.1 Å². The van der Waals surface area contributed by atoms with Crippen LogP contribution in [-0.4, -0.2) is 28.5 Å². The van der Waals surface area contributed by atoms with E-state index in [1.165, 1.54) is 17.0 Å². The maximum absolute atomic E-state index is 13.9. The summed E-state index contributed by atoms with van der Waals surface area (Å²) < 4.78 is 59.9. The summed E-state index contributed by atoms with van der Waals surface area (Å²) in [5.74, 6) is 2.15. The second-order valence-corrected chi connectivity index (χ2v) is 8.40. The lowest BCUT2D eigenvalue weighted by atomic mass is 9.98. The van der Waals surface area contributed by atoms with Gasteiger partial charge >= 0.3 is 6.18 Å². The van der Waals surface area contributed by atoms with Crippen LogP contribution in [0.15, 0.2) is 53.4 Å². The molecule has 2 aromatic carbocycles. The monoisotopic (exact) mass is 509 g/mol. The Hall–Kier alpha value is -3.26. The summed E-state index contributed by atoms with van der Waals surface area (Å²) in [4.78, 5) is 25.9. The van der Waals surface area contributed by atoms with Gasteiger partial charge in [0.25, 0.3) is 0 Å². The van der Waals surface area contributed by atoms with Crippen LogP contribution in [0.5, 0.6) is 0 Å². The zero-order chi connectivity index (χ0) is 25.2. The molecule has 1 aliphatic heterocycles. The van der Waals surface area contributed by atoms with Crippen molar-refractivity contribution in [3.63, 3.8) is 0 Å². The zero-order valence-electron chi connectivity index (χ0n) is 18.0. The van der Waals surface area contributed by atoms with Crippen LogP contribution < -0.4 is 16.5 Å². The molecule has 0 bridgehead atoms. The summed E-state index contributed by atoms with van der Waals surface area (Å²) in [7, 11) is 0. The van der Waals surface area contributed by atoms with E-state index in [1.807, 2.05) is 0 Å². The van der Waals surface area contributed by atoms with Crippen LogP contribution in [0.4, 0.5) is 23.4 Å². The van der Waals surface area contributed by atoms with E-state index in [0.717, 1.165) is 24.2 Å². The Balaban J connectivity index is 2.02. The number of aromatic nitrogens is 2. The molecule has 1 atom stereocenters. The van der Waals surface area contributed by atoms with Gasteiger partial charge in [0, 0.05) is 17.0 Å². The van der Waals surface area contributed by atoms with Crippen molar-refractivity contribution in [2.45, 2.75) is 30.0 Å². The number of carbonyl (C=O) groups excluding carboxylic acids is 1. The summed E-state index contributed by atoms with van der Waals surface area (Å²) in [5, 5.41) is 0. The van der Waals surface area contributed by atoms with Gasteiger partial charge in [0.2, 0.25) is 11.7 Å². The highest BCUT2D eigenvalue weighted by atomic mass is 32.2. The lowest BCUT2D eigenvalue weighted by Crippen LogP contribution is -2.41. The molecule has 0 spiro atoms. The number of amides is 1. The van der Waals surface area contributed by atoms with E-state index in [4.69, 9.17) is 11.6 Å². The summed E-state index contributed by atoms with van der Waals surface area (Å²) in [6.45, 7) is 0.260. The van der Waals surface area contributed by atoms with Crippen molar-refractivity contribution in [3.05, 3.63) is 60.2 Å². The molecule has 1 aromatic heterocycles. The summed E-state index contributed by atoms with van der Waals surface area (Å²) in [6, 6.07) is 10.6. The normalized spacial score (nSPS) is 16.0. The molecule has 0 radical (unpaired) electrons. The Morgan fingerprint density at radius 1 is 1.11 bits per heavy atom. The molecule has 0 saturated carbocycles. The third kappa shape index (κ3) is 5.37. The van der Waals surface area contributed by atoms with Gasteiger partial charge in [0.05, 0.1) is 23.3 Å². The molecule has 3 aromatic rings. The van der Waals surface area contributed by atoms with E-state index in [1.54, 1.807) is 24.3 Å². The van der Waals surface area contributed by atoms with Crippen molar-refractivity contribution in [1.29, 1.82) is 0 Å². The zero-order valence-corrected chi connectivity index (χ0v) is 18.8. The number of rotatable bonds is 7. The standard InChI is InChI=1S/C22H19F4N5O3S/c23-14-8-6-12(7-9-14)18-17(13-3-1-4-15(11-13)35-34-33-28)20(30-21(29-18)22(24,25)26)31-10-2-5-16(31)19(27)32/h1,3-4,6-9,11,16H,2,5,10,28H2,(H2,27,32). The first kappa shape index (κ1) is 24.9.